The molecule has 0 atom stereocenters. The monoisotopic (exact) mass is 233 g/mol. The first-order chi connectivity index (χ1) is 7.29. The van der Waals surface area contributed by atoms with Gasteiger partial charge < -0.3 is 25.6 Å². The van der Waals surface area contributed by atoms with Crippen LogP contribution in [-0.4, -0.2) is 43.0 Å². The molecule has 1 aromatic rings. The Morgan fingerprint density at radius 2 is 2.33 bits per heavy atom. The van der Waals surface area contributed by atoms with Gasteiger partial charge in [-0.3, -0.25) is 0 Å². The molecule has 0 aliphatic carbocycles. The lowest BCUT2D eigenvalue weighted by Gasteiger charge is -2.06. The molecule has 0 aromatic carbocycles. The topological polar surface area (TPSA) is 89.6 Å². The lowest BCUT2D eigenvalue weighted by molar-refractivity contribution is 0.0992. The molecular formula is C8H15N3O3S. The van der Waals surface area contributed by atoms with Gasteiger partial charge in [0.1, 0.15) is 0 Å². The number of rotatable bonds is 7. The maximum absolute atomic E-state index is 8.48. The van der Waals surface area contributed by atoms with Crippen molar-refractivity contribution < 1.29 is 14.6 Å². The molecule has 0 bridgehead atoms. The van der Waals surface area contributed by atoms with Crippen molar-refractivity contribution in [3.8, 4) is 5.75 Å². The van der Waals surface area contributed by atoms with Gasteiger partial charge in [0.25, 0.3) is 0 Å². The minimum atomic E-state index is 0.0385. The fraction of sp³-hybridized carbons (Fsp3) is 0.625. The van der Waals surface area contributed by atoms with E-state index in [2.05, 4.69) is 9.69 Å². The van der Waals surface area contributed by atoms with Crippen LogP contribution in [-0.2, 0) is 4.74 Å². The Labute approximate surface area is 92.2 Å². The highest BCUT2D eigenvalue weighted by molar-refractivity contribution is 7.11. The Balaban J connectivity index is 2.30. The third-order valence-electron chi connectivity index (χ3n) is 1.65. The maximum Gasteiger partial charge on any atom is 0.197 e. The molecule has 1 heterocycles. The van der Waals surface area contributed by atoms with E-state index in [0.717, 1.165) is 5.00 Å². The van der Waals surface area contributed by atoms with E-state index in [1.54, 1.807) is 7.11 Å². The van der Waals surface area contributed by atoms with Gasteiger partial charge in [-0.15, -0.1) is 0 Å². The molecule has 7 heteroatoms. The molecule has 0 aliphatic rings. The molecule has 1 aromatic heterocycles. The molecule has 0 spiro atoms. The van der Waals surface area contributed by atoms with Crippen LogP contribution in [0.15, 0.2) is 0 Å². The Hall–Kier alpha value is -1.05. The number of nitrogens with zero attached hydrogens (tertiary/aromatic N) is 1. The lowest BCUT2D eigenvalue weighted by Crippen LogP contribution is -2.11. The largest absolute Gasteiger partial charge is 0.490 e. The van der Waals surface area contributed by atoms with E-state index in [1.165, 1.54) is 11.5 Å². The standard InChI is InChI=1S/C8H15N3O3S/c1-13-6-7(9)11-15-8(6)10-2-4-14-5-3-12/h10,12H,2-5H2,1H3,(H2,9,11). The van der Waals surface area contributed by atoms with Crippen molar-refractivity contribution in [2.75, 3.05) is 44.5 Å². The third kappa shape index (κ3) is 3.54. The molecule has 6 nitrogen and oxygen atoms in total. The number of nitrogens with two attached hydrogens (primary N) is 1. The number of anilines is 2. The van der Waals surface area contributed by atoms with Crippen molar-refractivity contribution in [3.63, 3.8) is 0 Å². The van der Waals surface area contributed by atoms with Crippen LogP contribution in [0.4, 0.5) is 10.8 Å². The summed E-state index contributed by atoms with van der Waals surface area (Å²) in [6.45, 7) is 1.53. The van der Waals surface area contributed by atoms with Gasteiger partial charge in [0.15, 0.2) is 16.6 Å². The highest BCUT2D eigenvalue weighted by Crippen LogP contribution is 2.34. The number of aliphatic hydroxyl groups excluding tert-OH is 1. The number of ether oxygens (including phenoxy) is 2. The molecule has 15 heavy (non-hydrogen) atoms. The Bertz CT molecular complexity index is 293. The van der Waals surface area contributed by atoms with Crippen LogP contribution in [0.2, 0.25) is 0 Å². The first kappa shape index (κ1) is 12.0. The molecular weight excluding hydrogens is 218 g/mol. The van der Waals surface area contributed by atoms with Crippen LogP contribution in [0.5, 0.6) is 5.75 Å². The third-order valence-corrected chi connectivity index (χ3v) is 2.45. The summed E-state index contributed by atoms with van der Waals surface area (Å²) < 4.78 is 14.1. The summed E-state index contributed by atoms with van der Waals surface area (Å²) in [6.07, 6.45) is 0. The zero-order valence-corrected chi connectivity index (χ0v) is 9.34. The predicted octanol–water partition coefficient (Wildman–Crippen LogP) is 0.155. The highest BCUT2D eigenvalue weighted by Gasteiger charge is 2.10. The summed E-state index contributed by atoms with van der Waals surface area (Å²) in [7, 11) is 1.55. The van der Waals surface area contributed by atoms with E-state index in [0.29, 0.717) is 31.3 Å². The summed E-state index contributed by atoms with van der Waals surface area (Å²) in [5, 5.41) is 12.4. The number of nitrogen functional groups attached to an aromatic ring is 1. The van der Waals surface area contributed by atoms with Crippen LogP contribution in [0.25, 0.3) is 0 Å². The molecule has 86 valence electrons. The van der Waals surface area contributed by atoms with E-state index < -0.39 is 0 Å². The molecule has 0 radical (unpaired) electrons. The van der Waals surface area contributed by atoms with Crippen LogP contribution in [0.1, 0.15) is 0 Å². The fourth-order valence-corrected chi connectivity index (χ4v) is 1.72. The summed E-state index contributed by atoms with van der Waals surface area (Å²) in [5.74, 6) is 0.962. The van der Waals surface area contributed by atoms with Crippen LogP contribution in [0, 0.1) is 0 Å². The predicted molar refractivity (Wildman–Crippen MR) is 59.5 cm³/mol. The second kappa shape index (κ2) is 6.44. The first-order valence-corrected chi connectivity index (χ1v) is 5.28. The van der Waals surface area contributed by atoms with Gasteiger partial charge in [0.05, 0.1) is 26.9 Å². The van der Waals surface area contributed by atoms with Crippen molar-refractivity contribution in [2.45, 2.75) is 0 Å². The van der Waals surface area contributed by atoms with E-state index >= 15 is 0 Å². The minimum Gasteiger partial charge on any atom is -0.490 e. The first-order valence-electron chi connectivity index (χ1n) is 4.51. The Morgan fingerprint density at radius 3 is 3.00 bits per heavy atom. The quantitative estimate of drug-likeness (QED) is 0.581. The van der Waals surface area contributed by atoms with Gasteiger partial charge in [-0.2, -0.15) is 4.37 Å². The van der Waals surface area contributed by atoms with Gasteiger partial charge >= 0.3 is 0 Å². The number of nitrogens with one attached hydrogen (secondary N) is 1. The molecule has 4 N–H and O–H groups in total. The average Bonchev–Trinajstić information content (AvgIpc) is 2.59. The van der Waals surface area contributed by atoms with Crippen molar-refractivity contribution in [3.05, 3.63) is 0 Å². The molecule has 0 aliphatic heterocycles. The van der Waals surface area contributed by atoms with Gasteiger partial charge in [0.2, 0.25) is 0 Å². The molecule has 0 unspecified atom stereocenters. The molecule has 0 saturated heterocycles. The van der Waals surface area contributed by atoms with Crippen LogP contribution >= 0.6 is 11.5 Å². The van der Waals surface area contributed by atoms with Gasteiger partial charge in [-0.25, -0.2) is 0 Å². The second-order valence-corrected chi connectivity index (χ2v) is 3.47. The van der Waals surface area contributed by atoms with Gasteiger partial charge in [-0.05, 0) is 11.5 Å². The Kier molecular flexibility index (Phi) is 5.16. The zero-order valence-electron chi connectivity index (χ0n) is 8.52. The zero-order chi connectivity index (χ0) is 11.1. The highest BCUT2D eigenvalue weighted by atomic mass is 32.1. The molecule has 1 rings (SSSR count). The van der Waals surface area contributed by atoms with Crippen molar-refractivity contribution in [2.24, 2.45) is 0 Å². The average molecular weight is 233 g/mol. The number of aliphatic hydroxyl groups is 1. The van der Waals surface area contributed by atoms with Crippen molar-refractivity contribution >= 4 is 22.4 Å². The van der Waals surface area contributed by atoms with Crippen molar-refractivity contribution in [1.29, 1.82) is 0 Å². The normalized spacial score (nSPS) is 10.3. The number of aromatic nitrogens is 1. The number of hydrogen-bond donors (Lipinski definition) is 3. The van der Waals surface area contributed by atoms with Crippen molar-refractivity contribution in [1.82, 2.24) is 4.37 Å². The second-order valence-electron chi connectivity index (χ2n) is 2.69. The minimum absolute atomic E-state index is 0.0385. The summed E-state index contributed by atoms with van der Waals surface area (Å²) in [6, 6.07) is 0. The summed E-state index contributed by atoms with van der Waals surface area (Å²) in [4.78, 5) is 0. The maximum atomic E-state index is 8.48. The van der Waals surface area contributed by atoms with Gasteiger partial charge in [0, 0.05) is 6.54 Å². The Morgan fingerprint density at radius 1 is 1.53 bits per heavy atom. The number of hydrogen-bond acceptors (Lipinski definition) is 7. The lowest BCUT2D eigenvalue weighted by atomic mass is 10.5. The van der Waals surface area contributed by atoms with E-state index in [1.807, 2.05) is 0 Å². The number of methoxy groups -OCH3 is 1. The van der Waals surface area contributed by atoms with Gasteiger partial charge in [-0.1, -0.05) is 0 Å². The SMILES string of the molecule is COc1c(N)nsc1NCCOCCO. The fourth-order valence-electron chi connectivity index (χ4n) is 1.01. The van der Waals surface area contributed by atoms with E-state index in [9.17, 15) is 0 Å². The molecule has 0 fully saturated rings. The molecule has 0 saturated carbocycles. The van der Waals surface area contributed by atoms with Crippen LogP contribution in [0.3, 0.4) is 0 Å². The smallest absolute Gasteiger partial charge is 0.197 e. The molecule has 0 amide bonds. The van der Waals surface area contributed by atoms with E-state index in [-0.39, 0.29) is 6.61 Å². The van der Waals surface area contributed by atoms with E-state index in [4.69, 9.17) is 20.3 Å². The summed E-state index contributed by atoms with van der Waals surface area (Å²) >= 11 is 1.25. The van der Waals surface area contributed by atoms with Crippen LogP contribution < -0.4 is 15.8 Å². The summed E-state index contributed by atoms with van der Waals surface area (Å²) in [5.41, 5.74) is 5.57.